The average Bonchev–Trinajstić information content (AvgIpc) is 3.17. The zero-order chi connectivity index (χ0) is 26.7. The van der Waals surface area contributed by atoms with Crippen molar-refractivity contribution in [3.8, 4) is 0 Å². The lowest BCUT2D eigenvalue weighted by Gasteiger charge is -2.41. The topological polar surface area (TPSA) is 90.4 Å². The quantitative estimate of drug-likeness (QED) is 0.595. The summed E-state index contributed by atoms with van der Waals surface area (Å²) in [5, 5.41) is 10.8. The fraction of sp³-hybridized carbons (Fsp3) is 0.536. The van der Waals surface area contributed by atoms with Gasteiger partial charge >= 0.3 is 0 Å². The van der Waals surface area contributed by atoms with Gasteiger partial charge in [-0.1, -0.05) is 68.8 Å². The molecule has 198 valence electrons. The highest BCUT2D eigenvalue weighted by atomic mass is 35.5. The smallest absolute Gasteiger partial charge is 0.253 e. The molecule has 4 aliphatic heterocycles. The van der Waals surface area contributed by atoms with Gasteiger partial charge in [0.1, 0.15) is 11.6 Å². The van der Waals surface area contributed by atoms with Crippen molar-refractivity contribution in [2.75, 3.05) is 31.6 Å². The molecule has 1 spiro atoms. The minimum Gasteiger partial charge on any atom is -0.394 e. The summed E-state index contributed by atoms with van der Waals surface area (Å²) in [6, 6.07) is 5.39. The first-order valence-corrected chi connectivity index (χ1v) is 13.3. The normalized spacial score (nSPS) is 34.0. The van der Waals surface area contributed by atoms with E-state index < -0.39 is 35.1 Å². The van der Waals surface area contributed by atoms with Crippen LogP contribution in [0.4, 0.5) is 5.69 Å². The Morgan fingerprint density at radius 2 is 1.76 bits per heavy atom. The molecule has 37 heavy (non-hydrogen) atoms. The molecule has 1 aromatic rings. The Kier molecular flexibility index (Phi) is 6.49. The van der Waals surface area contributed by atoms with Crippen LogP contribution in [0.15, 0.2) is 48.6 Å². The molecule has 0 aromatic heterocycles. The molecule has 5 rings (SSSR count). The van der Waals surface area contributed by atoms with Gasteiger partial charge < -0.3 is 24.5 Å². The standard InChI is InChI=1S/C28H34ClN3O5/c1-5-27-12-8-14-30(4)24(34)21(27)22-25(35)32(20(16-33)17(2)3)23-26(36)31(15-9-13-28(22,23)37-27)19-11-7-6-10-18(19)29/h6-13,17,20-23,33H,5,14-16H2,1-4H3/t20-,21-,22-,23?,27+,28-/m0/s1. The molecule has 4 aliphatic rings. The number of rotatable bonds is 5. The largest absolute Gasteiger partial charge is 0.394 e. The van der Waals surface area contributed by atoms with E-state index >= 15 is 0 Å². The summed E-state index contributed by atoms with van der Waals surface area (Å²) >= 11 is 6.50. The monoisotopic (exact) mass is 527 g/mol. The molecule has 1 unspecified atom stereocenters. The molecule has 2 fully saturated rings. The molecule has 1 N–H and O–H groups in total. The highest BCUT2D eigenvalue weighted by Crippen LogP contribution is 2.59. The van der Waals surface area contributed by atoms with E-state index in [4.69, 9.17) is 16.3 Å². The Morgan fingerprint density at radius 1 is 1.05 bits per heavy atom. The number of nitrogens with zero attached hydrogens (tertiary/aromatic N) is 3. The zero-order valence-corrected chi connectivity index (χ0v) is 22.4. The van der Waals surface area contributed by atoms with E-state index in [1.54, 1.807) is 41.1 Å². The van der Waals surface area contributed by atoms with Crippen molar-refractivity contribution in [2.24, 2.45) is 17.8 Å². The lowest BCUT2D eigenvalue weighted by Crippen LogP contribution is -2.60. The number of carbonyl (C=O) groups is 3. The van der Waals surface area contributed by atoms with E-state index in [-0.39, 0.29) is 36.8 Å². The SMILES string of the molecule is CC[C@@]12C=CCN(C)C(=O)[C@@H]1[C@H]1C(=O)N([C@@H](CO)C(C)C)C3C(=O)N(c4ccccc4Cl)CC=C[C@@]31O2. The summed E-state index contributed by atoms with van der Waals surface area (Å²) in [5.74, 6) is -2.70. The Balaban J connectivity index is 1.73. The number of likely N-dealkylation sites (tertiary alicyclic amines) is 1. The maximum Gasteiger partial charge on any atom is 0.253 e. The number of hydrogen-bond donors (Lipinski definition) is 1. The molecule has 0 bridgehead atoms. The second kappa shape index (κ2) is 9.26. The van der Waals surface area contributed by atoms with Gasteiger partial charge in [0, 0.05) is 20.1 Å². The first kappa shape index (κ1) is 25.9. The van der Waals surface area contributed by atoms with E-state index in [9.17, 15) is 19.5 Å². The minimum absolute atomic E-state index is 0.137. The van der Waals surface area contributed by atoms with Crippen LogP contribution in [-0.2, 0) is 19.1 Å². The molecule has 0 saturated carbocycles. The fourth-order valence-corrected chi connectivity index (χ4v) is 6.92. The number of fused-ring (bicyclic) bond motifs is 2. The summed E-state index contributed by atoms with van der Waals surface area (Å²) in [4.78, 5) is 47.3. The van der Waals surface area contributed by atoms with Crippen LogP contribution in [0.3, 0.4) is 0 Å². The number of aliphatic hydroxyl groups excluding tert-OH is 1. The molecular weight excluding hydrogens is 494 g/mol. The van der Waals surface area contributed by atoms with Crippen LogP contribution in [0, 0.1) is 17.8 Å². The van der Waals surface area contributed by atoms with Crippen LogP contribution < -0.4 is 4.90 Å². The third-order valence-corrected chi connectivity index (χ3v) is 8.86. The molecule has 6 atom stereocenters. The molecule has 1 aromatic carbocycles. The summed E-state index contributed by atoms with van der Waals surface area (Å²) in [7, 11) is 1.72. The van der Waals surface area contributed by atoms with Gasteiger partial charge in [-0.05, 0) is 24.5 Å². The Bertz CT molecular complexity index is 1180. The predicted octanol–water partition coefficient (Wildman–Crippen LogP) is 2.65. The van der Waals surface area contributed by atoms with E-state index in [0.717, 1.165) is 0 Å². The summed E-state index contributed by atoms with van der Waals surface area (Å²) in [6.45, 7) is 6.08. The number of aliphatic hydroxyl groups is 1. The Morgan fingerprint density at radius 3 is 2.41 bits per heavy atom. The first-order chi connectivity index (χ1) is 17.6. The molecule has 3 amide bonds. The van der Waals surface area contributed by atoms with Gasteiger partial charge in [-0.15, -0.1) is 0 Å². The second-order valence-corrected chi connectivity index (χ2v) is 11.2. The van der Waals surface area contributed by atoms with Crippen LogP contribution in [0.5, 0.6) is 0 Å². The maximum atomic E-state index is 14.5. The van der Waals surface area contributed by atoms with Crippen molar-refractivity contribution in [1.82, 2.24) is 9.80 Å². The van der Waals surface area contributed by atoms with Crippen LogP contribution in [-0.4, -0.2) is 82.7 Å². The number of halogens is 1. The second-order valence-electron chi connectivity index (χ2n) is 10.8. The number of hydrogen-bond acceptors (Lipinski definition) is 5. The number of para-hydroxylation sites is 1. The average molecular weight is 528 g/mol. The number of ether oxygens (including phenoxy) is 1. The highest BCUT2D eigenvalue weighted by molar-refractivity contribution is 6.34. The Hall–Kier alpha value is -2.68. The highest BCUT2D eigenvalue weighted by Gasteiger charge is 2.76. The van der Waals surface area contributed by atoms with Gasteiger partial charge in [0.25, 0.3) is 5.91 Å². The van der Waals surface area contributed by atoms with Crippen molar-refractivity contribution in [3.05, 3.63) is 53.6 Å². The molecule has 0 aliphatic carbocycles. The molecule has 2 saturated heterocycles. The minimum atomic E-state index is -1.37. The third-order valence-electron chi connectivity index (χ3n) is 8.54. The first-order valence-electron chi connectivity index (χ1n) is 12.9. The van der Waals surface area contributed by atoms with Crippen LogP contribution in [0.2, 0.25) is 5.02 Å². The van der Waals surface area contributed by atoms with Gasteiger partial charge in [-0.25, -0.2) is 0 Å². The molecule has 9 heteroatoms. The lowest BCUT2D eigenvalue weighted by atomic mass is 9.73. The van der Waals surface area contributed by atoms with E-state index in [1.165, 1.54) is 4.90 Å². The van der Waals surface area contributed by atoms with Gasteiger partial charge in [-0.2, -0.15) is 0 Å². The van der Waals surface area contributed by atoms with Gasteiger partial charge in [-0.3, -0.25) is 14.4 Å². The number of amides is 3. The van der Waals surface area contributed by atoms with E-state index in [2.05, 4.69) is 0 Å². The maximum absolute atomic E-state index is 14.5. The zero-order valence-electron chi connectivity index (χ0n) is 21.6. The van der Waals surface area contributed by atoms with Crippen molar-refractivity contribution in [2.45, 2.75) is 50.5 Å². The molecule has 4 heterocycles. The predicted molar refractivity (Wildman–Crippen MR) is 140 cm³/mol. The van der Waals surface area contributed by atoms with E-state index in [1.807, 2.05) is 45.1 Å². The van der Waals surface area contributed by atoms with Crippen molar-refractivity contribution in [1.29, 1.82) is 0 Å². The van der Waals surface area contributed by atoms with Crippen molar-refractivity contribution < 1.29 is 24.2 Å². The third kappa shape index (κ3) is 3.60. The van der Waals surface area contributed by atoms with E-state index in [0.29, 0.717) is 23.7 Å². The number of likely N-dealkylation sites (N-methyl/N-ethyl adjacent to an activating group) is 1. The van der Waals surface area contributed by atoms with Crippen molar-refractivity contribution >= 4 is 35.0 Å². The number of carbonyl (C=O) groups excluding carboxylic acids is 3. The van der Waals surface area contributed by atoms with Crippen molar-refractivity contribution in [3.63, 3.8) is 0 Å². The Labute approximate surface area is 222 Å². The number of benzene rings is 1. The van der Waals surface area contributed by atoms with Crippen LogP contribution in [0.1, 0.15) is 27.2 Å². The van der Waals surface area contributed by atoms with Gasteiger partial charge in [0.15, 0.2) is 0 Å². The summed E-state index contributed by atoms with van der Waals surface area (Å²) < 4.78 is 6.91. The fourth-order valence-electron chi connectivity index (χ4n) is 6.69. The van der Waals surface area contributed by atoms with Crippen LogP contribution in [0.25, 0.3) is 0 Å². The van der Waals surface area contributed by atoms with Crippen LogP contribution >= 0.6 is 11.6 Å². The van der Waals surface area contributed by atoms with Gasteiger partial charge in [0.05, 0.1) is 40.8 Å². The number of anilines is 1. The molecular formula is C28H34ClN3O5. The summed E-state index contributed by atoms with van der Waals surface area (Å²) in [5.41, 5.74) is -1.86. The molecule has 0 radical (unpaired) electrons. The summed E-state index contributed by atoms with van der Waals surface area (Å²) in [6.07, 6.45) is 7.93. The molecule has 8 nitrogen and oxygen atoms in total. The lowest BCUT2D eigenvalue weighted by molar-refractivity contribution is -0.153. The van der Waals surface area contributed by atoms with Gasteiger partial charge in [0.2, 0.25) is 11.8 Å².